The molecule has 158 valence electrons. The summed E-state index contributed by atoms with van der Waals surface area (Å²) in [7, 11) is 1.45. The summed E-state index contributed by atoms with van der Waals surface area (Å²) in [4.78, 5) is 24.6. The third kappa shape index (κ3) is 5.85. The van der Waals surface area contributed by atoms with E-state index in [-0.39, 0.29) is 22.2 Å². The van der Waals surface area contributed by atoms with Gasteiger partial charge in [0, 0.05) is 4.47 Å². The summed E-state index contributed by atoms with van der Waals surface area (Å²) in [5.74, 6) is -0.440. The molecule has 0 radical (unpaired) electrons. The van der Waals surface area contributed by atoms with Crippen molar-refractivity contribution in [3.8, 4) is 11.5 Å². The van der Waals surface area contributed by atoms with Crippen molar-refractivity contribution in [2.24, 2.45) is 5.10 Å². The predicted octanol–water partition coefficient (Wildman–Crippen LogP) is 5.75. The highest BCUT2D eigenvalue weighted by Gasteiger charge is 2.14. The SMILES string of the molecule is COc1cc(C=NNC(=O)c2ccccc2Br)ccc1OC(=O)c1ccc(Cl)c(Cl)c1. The lowest BCUT2D eigenvalue weighted by Gasteiger charge is -2.10. The van der Waals surface area contributed by atoms with Crippen LogP contribution in [-0.2, 0) is 0 Å². The van der Waals surface area contributed by atoms with Crippen molar-refractivity contribution in [2.75, 3.05) is 7.11 Å². The molecule has 3 rings (SSSR count). The fraction of sp³-hybridized carbons (Fsp3) is 0.0455. The highest BCUT2D eigenvalue weighted by Crippen LogP contribution is 2.29. The maximum atomic E-state index is 12.4. The monoisotopic (exact) mass is 520 g/mol. The van der Waals surface area contributed by atoms with Gasteiger partial charge in [0.25, 0.3) is 5.91 Å². The van der Waals surface area contributed by atoms with E-state index < -0.39 is 5.97 Å². The maximum Gasteiger partial charge on any atom is 0.343 e. The Bertz CT molecular complexity index is 1170. The predicted molar refractivity (Wildman–Crippen MR) is 124 cm³/mol. The van der Waals surface area contributed by atoms with Crippen LogP contribution < -0.4 is 14.9 Å². The second-order valence-corrected chi connectivity index (χ2v) is 7.78. The first kappa shape index (κ1) is 22.8. The molecule has 0 atom stereocenters. The molecule has 3 aromatic carbocycles. The van der Waals surface area contributed by atoms with Crippen molar-refractivity contribution >= 4 is 57.2 Å². The van der Waals surface area contributed by atoms with Crippen molar-refractivity contribution in [3.63, 3.8) is 0 Å². The summed E-state index contributed by atoms with van der Waals surface area (Å²) in [6.45, 7) is 0. The highest BCUT2D eigenvalue weighted by molar-refractivity contribution is 9.10. The number of hydrogen-bond donors (Lipinski definition) is 1. The average molecular weight is 522 g/mol. The largest absolute Gasteiger partial charge is 0.493 e. The van der Waals surface area contributed by atoms with Gasteiger partial charge in [-0.15, -0.1) is 0 Å². The Morgan fingerprint density at radius 1 is 1.00 bits per heavy atom. The maximum absolute atomic E-state index is 12.4. The van der Waals surface area contributed by atoms with Crippen LogP contribution in [0.2, 0.25) is 10.0 Å². The molecule has 0 heterocycles. The number of carbonyl (C=O) groups is 2. The minimum Gasteiger partial charge on any atom is -0.493 e. The lowest BCUT2D eigenvalue weighted by molar-refractivity contribution is 0.0729. The number of methoxy groups -OCH3 is 1. The standard InChI is InChI=1S/C22H15BrCl2N2O4/c1-30-20-10-13(12-26-27-21(28)15-4-2-3-5-16(15)23)6-9-19(20)31-22(29)14-7-8-17(24)18(25)11-14/h2-12H,1H3,(H,27,28). The fourth-order valence-corrected chi connectivity index (χ4v) is 3.26. The molecule has 0 bridgehead atoms. The number of carbonyl (C=O) groups excluding carboxylic acids is 2. The first-order valence-corrected chi connectivity index (χ1v) is 10.4. The van der Waals surface area contributed by atoms with E-state index in [1.165, 1.54) is 31.5 Å². The second kappa shape index (κ2) is 10.4. The third-order valence-electron chi connectivity index (χ3n) is 4.04. The molecule has 0 spiro atoms. The molecule has 1 N–H and O–H groups in total. The van der Waals surface area contributed by atoms with Crippen molar-refractivity contribution < 1.29 is 19.1 Å². The summed E-state index contributed by atoms with van der Waals surface area (Å²) in [6.07, 6.45) is 1.45. The molecule has 0 fully saturated rings. The van der Waals surface area contributed by atoms with E-state index in [1.54, 1.807) is 36.4 Å². The van der Waals surface area contributed by atoms with E-state index in [4.69, 9.17) is 32.7 Å². The molecule has 9 heteroatoms. The number of ether oxygens (including phenoxy) is 2. The van der Waals surface area contributed by atoms with Crippen molar-refractivity contribution in [1.82, 2.24) is 5.43 Å². The van der Waals surface area contributed by atoms with Gasteiger partial charge in [0.15, 0.2) is 11.5 Å². The molecule has 1 amide bonds. The Hall–Kier alpha value is -2.87. The van der Waals surface area contributed by atoms with E-state index in [2.05, 4.69) is 26.5 Å². The molecule has 31 heavy (non-hydrogen) atoms. The van der Waals surface area contributed by atoms with Gasteiger partial charge in [-0.3, -0.25) is 4.79 Å². The number of nitrogens with zero attached hydrogens (tertiary/aromatic N) is 1. The minimum absolute atomic E-state index is 0.216. The first-order chi connectivity index (χ1) is 14.9. The Labute approximate surface area is 196 Å². The van der Waals surface area contributed by atoms with Crippen LogP contribution in [0.1, 0.15) is 26.3 Å². The van der Waals surface area contributed by atoms with Crippen LogP contribution in [0.4, 0.5) is 0 Å². The molecular formula is C22H15BrCl2N2O4. The van der Waals surface area contributed by atoms with Gasteiger partial charge in [0.05, 0.1) is 34.5 Å². The Balaban J connectivity index is 1.70. The average Bonchev–Trinajstić information content (AvgIpc) is 2.76. The highest BCUT2D eigenvalue weighted by atomic mass is 79.9. The number of hydrazone groups is 1. The lowest BCUT2D eigenvalue weighted by atomic mass is 10.2. The molecule has 0 aliphatic heterocycles. The normalized spacial score (nSPS) is 10.7. The lowest BCUT2D eigenvalue weighted by Crippen LogP contribution is -2.18. The summed E-state index contributed by atoms with van der Waals surface area (Å²) < 4.78 is 11.4. The van der Waals surface area contributed by atoms with Gasteiger partial charge in [0.2, 0.25) is 0 Å². The summed E-state index contributed by atoms with van der Waals surface area (Å²) in [5, 5.41) is 4.54. The van der Waals surface area contributed by atoms with E-state index in [9.17, 15) is 9.59 Å². The topological polar surface area (TPSA) is 77.0 Å². The summed E-state index contributed by atoms with van der Waals surface area (Å²) in [5.41, 5.74) is 3.79. The van der Waals surface area contributed by atoms with Crippen LogP contribution in [-0.4, -0.2) is 25.2 Å². The zero-order valence-corrected chi connectivity index (χ0v) is 19.2. The van der Waals surface area contributed by atoms with Crippen LogP contribution >= 0.6 is 39.1 Å². The molecule has 0 saturated carbocycles. The van der Waals surface area contributed by atoms with Crippen molar-refractivity contribution in [1.29, 1.82) is 0 Å². The van der Waals surface area contributed by atoms with E-state index in [0.29, 0.717) is 26.4 Å². The molecule has 0 saturated heterocycles. The van der Waals surface area contributed by atoms with E-state index in [0.717, 1.165) is 0 Å². The Morgan fingerprint density at radius 3 is 2.48 bits per heavy atom. The van der Waals surface area contributed by atoms with Crippen molar-refractivity contribution in [3.05, 3.63) is 91.9 Å². The number of esters is 1. The van der Waals surface area contributed by atoms with Gasteiger partial charge in [0.1, 0.15) is 0 Å². The van der Waals surface area contributed by atoms with Gasteiger partial charge in [-0.1, -0.05) is 35.3 Å². The number of rotatable bonds is 6. The van der Waals surface area contributed by atoms with Crippen LogP contribution in [0, 0.1) is 0 Å². The quantitative estimate of drug-likeness (QED) is 0.194. The number of hydrogen-bond acceptors (Lipinski definition) is 5. The molecule has 6 nitrogen and oxygen atoms in total. The number of nitrogens with one attached hydrogen (secondary N) is 1. The Morgan fingerprint density at radius 2 is 1.77 bits per heavy atom. The van der Waals surface area contributed by atoms with E-state index in [1.807, 2.05) is 6.07 Å². The van der Waals surface area contributed by atoms with Crippen molar-refractivity contribution in [2.45, 2.75) is 0 Å². The van der Waals surface area contributed by atoms with Crippen LogP contribution in [0.5, 0.6) is 11.5 Å². The zero-order chi connectivity index (χ0) is 22.4. The second-order valence-electron chi connectivity index (χ2n) is 6.11. The van der Waals surface area contributed by atoms with Gasteiger partial charge >= 0.3 is 5.97 Å². The number of benzene rings is 3. The molecule has 0 aliphatic rings. The third-order valence-corrected chi connectivity index (χ3v) is 5.47. The van der Waals surface area contributed by atoms with Gasteiger partial charge in [-0.05, 0) is 70.0 Å². The van der Waals surface area contributed by atoms with Crippen LogP contribution in [0.25, 0.3) is 0 Å². The smallest absolute Gasteiger partial charge is 0.343 e. The number of halogens is 3. The molecule has 0 unspecified atom stereocenters. The first-order valence-electron chi connectivity index (χ1n) is 8.82. The number of amides is 1. The fourth-order valence-electron chi connectivity index (χ4n) is 2.50. The van der Waals surface area contributed by atoms with Crippen LogP contribution in [0.15, 0.2) is 70.2 Å². The van der Waals surface area contributed by atoms with Gasteiger partial charge in [-0.25, -0.2) is 10.2 Å². The minimum atomic E-state index is -0.612. The van der Waals surface area contributed by atoms with Crippen LogP contribution in [0.3, 0.4) is 0 Å². The van der Waals surface area contributed by atoms with Gasteiger partial charge in [-0.2, -0.15) is 5.10 Å². The molecule has 3 aromatic rings. The molecule has 0 aliphatic carbocycles. The molecule has 0 aromatic heterocycles. The molecular weight excluding hydrogens is 507 g/mol. The van der Waals surface area contributed by atoms with Gasteiger partial charge < -0.3 is 9.47 Å². The van der Waals surface area contributed by atoms with E-state index >= 15 is 0 Å². The summed E-state index contributed by atoms with van der Waals surface area (Å²) in [6, 6.07) is 16.3. The summed E-state index contributed by atoms with van der Waals surface area (Å²) >= 11 is 15.1. The Kier molecular flexibility index (Phi) is 7.68. The zero-order valence-electron chi connectivity index (χ0n) is 16.1.